The molecule has 3 N–H and O–H groups in total. The van der Waals surface area contributed by atoms with Crippen LogP contribution in [0.5, 0.6) is 0 Å². The molecule has 1 atom stereocenters. The van der Waals surface area contributed by atoms with Crippen LogP contribution in [-0.2, 0) is 17.4 Å². The van der Waals surface area contributed by atoms with Gasteiger partial charge in [0.25, 0.3) is 0 Å². The molecule has 4 rings (SSSR count). The summed E-state index contributed by atoms with van der Waals surface area (Å²) in [5.74, 6) is 0.490. The molecule has 10 heteroatoms. The molecule has 4 aromatic rings. The summed E-state index contributed by atoms with van der Waals surface area (Å²) in [6, 6.07) is 5.72. The standard InChI is InChI=1S/C20H23BrN8O/c1-4-5-9-23-19(30)20(2,22)18-25-15-13(7-6-8-14(15)21)17-26-16(27-29(17)18)12-10-24-28(3)11-12/h6-8,10-11H,4-5,9,22H2,1-3H3,(H,23,30)/t20-/m1/s1. The SMILES string of the molecule is CCCCNC(=O)[C@](C)(N)c1nc2c(Br)cccc2c2nc(-c3cnn(C)c3)nn12. The van der Waals surface area contributed by atoms with Crippen molar-refractivity contribution in [3.63, 3.8) is 0 Å². The fourth-order valence-electron chi connectivity index (χ4n) is 3.26. The molecule has 0 fully saturated rings. The van der Waals surface area contributed by atoms with Gasteiger partial charge in [0.2, 0.25) is 5.91 Å². The summed E-state index contributed by atoms with van der Waals surface area (Å²) in [6.45, 7) is 4.26. The monoisotopic (exact) mass is 470 g/mol. The van der Waals surface area contributed by atoms with Crippen molar-refractivity contribution < 1.29 is 4.79 Å². The lowest BCUT2D eigenvalue weighted by Gasteiger charge is -2.24. The number of hydrogen-bond acceptors (Lipinski definition) is 6. The second kappa shape index (κ2) is 7.77. The number of carbonyl (C=O) groups is 1. The smallest absolute Gasteiger partial charge is 0.247 e. The third-order valence-corrected chi connectivity index (χ3v) is 5.61. The average Bonchev–Trinajstić information content (AvgIpc) is 3.34. The fraction of sp³-hybridized carbons (Fsp3) is 0.350. The molecule has 0 saturated heterocycles. The zero-order chi connectivity index (χ0) is 21.5. The molecule has 0 unspecified atom stereocenters. The number of aromatic nitrogens is 6. The Bertz CT molecular complexity index is 1240. The van der Waals surface area contributed by atoms with Gasteiger partial charge in [-0.3, -0.25) is 9.48 Å². The van der Waals surface area contributed by atoms with Crippen molar-refractivity contribution in [1.82, 2.24) is 34.7 Å². The first-order valence-electron chi connectivity index (χ1n) is 9.74. The van der Waals surface area contributed by atoms with E-state index in [2.05, 4.69) is 38.4 Å². The van der Waals surface area contributed by atoms with Crippen LogP contribution in [0.15, 0.2) is 35.1 Å². The van der Waals surface area contributed by atoms with Crippen molar-refractivity contribution in [2.75, 3.05) is 6.54 Å². The maximum absolute atomic E-state index is 12.9. The van der Waals surface area contributed by atoms with E-state index in [1.807, 2.05) is 31.4 Å². The van der Waals surface area contributed by atoms with E-state index in [9.17, 15) is 4.79 Å². The highest BCUT2D eigenvalue weighted by molar-refractivity contribution is 9.10. The highest BCUT2D eigenvalue weighted by Crippen LogP contribution is 2.29. The summed E-state index contributed by atoms with van der Waals surface area (Å²) in [4.78, 5) is 22.4. The number of para-hydroxylation sites is 1. The van der Waals surface area contributed by atoms with E-state index < -0.39 is 5.54 Å². The van der Waals surface area contributed by atoms with E-state index in [1.165, 1.54) is 0 Å². The quantitative estimate of drug-likeness (QED) is 0.418. The van der Waals surface area contributed by atoms with E-state index in [0.29, 0.717) is 29.4 Å². The van der Waals surface area contributed by atoms with Gasteiger partial charge in [-0.2, -0.15) is 9.61 Å². The van der Waals surface area contributed by atoms with Crippen LogP contribution in [0.25, 0.3) is 27.9 Å². The van der Waals surface area contributed by atoms with Crippen LogP contribution in [0.1, 0.15) is 32.5 Å². The van der Waals surface area contributed by atoms with E-state index in [-0.39, 0.29) is 5.91 Å². The molecular formula is C20H23BrN8O. The van der Waals surface area contributed by atoms with Crippen molar-refractivity contribution >= 4 is 38.4 Å². The summed E-state index contributed by atoms with van der Waals surface area (Å²) in [7, 11) is 1.83. The van der Waals surface area contributed by atoms with Crippen LogP contribution >= 0.6 is 15.9 Å². The van der Waals surface area contributed by atoms with Crippen LogP contribution in [0.4, 0.5) is 0 Å². The van der Waals surface area contributed by atoms with Crippen molar-refractivity contribution in [3.05, 3.63) is 40.9 Å². The number of nitrogens with two attached hydrogens (primary N) is 1. The summed E-state index contributed by atoms with van der Waals surface area (Å²) < 4.78 is 4.04. The van der Waals surface area contributed by atoms with Gasteiger partial charge in [-0.05, 0) is 41.4 Å². The minimum atomic E-state index is -1.41. The zero-order valence-electron chi connectivity index (χ0n) is 17.1. The average molecular weight is 471 g/mol. The third-order valence-electron chi connectivity index (χ3n) is 4.97. The lowest BCUT2D eigenvalue weighted by molar-refractivity contribution is -0.126. The Morgan fingerprint density at radius 2 is 2.13 bits per heavy atom. The third kappa shape index (κ3) is 3.46. The lowest BCUT2D eigenvalue weighted by atomic mass is 10.0. The molecular weight excluding hydrogens is 448 g/mol. The normalized spacial score (nSPS) is 13.6. The summed E-state index contributed by atoms with van der Waals surface area (Å²) in [5, 5.41) is 12.5. The largest absolute Gasteiger partial charge is 0.354 e. The highest BCUT2D eigenvalue weighted by atomic mass is 79.9. The van der Waals surface area contributed by atoms with Crippen LogP contribution in [0.2, 0.25) is 0 Å². The Kier molecular flexibility index (Phi) is 5.29. The number of unbranched alkanes of at least 4 members (excludes halogenated alkanes) is 1. The number of fused-ring (bicyclic) bond motifs is 3. The Morgan fingerprint density at radius 1 is 1.33 bits per heavy atom. The molecule has 0 aliphatic carbocycles. The van der Waals surface area contributed by atoms with Gasteiger partial charge in [-0.1, -0.05) is 19.4 Å². The van der Waals surface area contributed by atoms with Gasteiger partial charge in [0.15, 0.2) is 22.8 Å². The molecule has 0 aliphatic heterocycles. The highest BCUT2D eigenvalue weighted by Gasteiger charge is 2.36. The topological polar surface area (TPSA) is 116 Å². The van der Waals surface area contributed by atoms with Crippen LogP contribution in [0, 0.1) is 0 Å². The van der Waals surface area contributed by atoms with Crippen LogP contribution < -0.4 is 11.1 Å². The van der Waals surface area contributed by atoms with E-state index in [4.69, 9.17) is 15.7 Å². The molecule has 9 nitrogen and oxygen atoms in total. The van der Waals surface area contributed by atoms with Gasteiger partial charge in [0.05, 0.1) is 17.3 Å². The zero-order valence-corrected chi connectivity index (χ0v) is 18.6. The molecule has 156 valence electrons. The summed E-state index contributed by atoms with van der Waals surface area (Å²) in [5.41, 5.74) is 7.13. The predicted molar refractivity (Wildman–Crippen MR) is 118 cm³/mol. The molecule has 0 bridgehead atoms. The summed E-state index contributed by atoms with van der Waals surface area (Å²) in [6.07, 6.45) is 5.38. The van der Waals surface area contributed by atoms with E-state index in [1.54, 1.807) is 22.3 Å². The number of rotatable bonds is 6. The van der Waals surface area contributed by atoms with E-state index in [0.717, 1.165) is 28.3 Å². The Balaban J connectivity index is 1.94. The van der Waals surface area contributed by atoms with Gasteiger partial charge < -0.3 is 11.1 Å². The first-order valence-corrected chi connectivity index (χ1v) is 10.5. The molecule has 30 heavy (non-hydrogen) atoms. The second-order valence-corrected chi connectivity index (χ2v) is 8.31. The molecule has 0 saturated carbocycles. The number of halogens is 1. The van der Waals surface area contributed by atoms with Crippen molar-refractivity contribution in [2.45, 2.75) is 32.2 Å². The maximum atomic E-state index is 12.9. The van der Waals surface area contributed by atoms with Gasteiger partial charge in [-0.15, -0.1) is 5.10 Å². The van der Waals surface area contributed by atoms with Gasteiger partial charge in [0, 0.05) is 29.6 Å². The Hall–Kier alpha value is -2.85. The van der Waals surface area contributed by atoms with E-state index >= 15 is 0 Å². The summed E-state index contributed by atoms with van der Waals surface area (Å²) >= 11 is 3.55. The van der Waals surface area contributed by atoms with Crippen LogP contribution in [-0.4, -0.2) is 41.8 Å². The first-order chi connectivity index (χ1) is 14.3. The molecule has 3 heterocycles. The first kappa shape index (κ1) is 20.4. The number of nitrogens with one attached hydrogen (secondary N) is 1. The van der Waals surface area contributed by atoms with Crippen molar-refractivity contribution in [1.29, 1.82) is 0 Å². The molecule has 3 aromatic heterocycles. The Morgan fingerprint density at radius 3 is 2.83 bits per heavy atom. The number of hydrogen-bond donors (Lipinski definition) is 2. The lowest BCUT2D eigenvalue weighted by Crippen LogP contribution is -2.51. The minimum absolute atomic E-state index is 0.311. The number of benzene rings is 1. The number of carbonyl (C=O) groups excluding carboxylic acids is 1. The second-order valence-electron chi connectivity index (χ2n) is 7.46. The maximum Gasteiger partial charge on any atom is 0.247 e. The number of nitrogens with zero attached hydrogens (tertiary/aromatic N) is 6. The predicted octanol–water partition coefficient (Wildman–Crippen LogP) is 2.53. The molecule has 0 spiro atoms. The van der Waals surface area contributed by atoms with Gasteiger partial charge in [0.1, 0.15) is 0 Å². The molecule has 0 radical (unpaired) electrons. The number of aryl methyl sites for hydroxylation is 1. The number of amides is 1. The fourth-order valence-corrected chi connectivity index (χ4v) is 3.71. The molecule has 0 aliphatic rings. The Labute approximate surface area is 181 Å². The van der Waals surface area contributed by atoms with Gasteiger partial charge in [-0.25, -0.2) is 9.97 Å². The van der Waals surface area contributed by atoms with Crippen LogP contribution in [0.3, 0.4) is 0 Å². The van der Waals surface area contributed by atoms with Crippen molar-refractivity contribution in [3.8, 4) is 11.4 Å². The molecule has 1 aromatic carbocycles. The minimum Gasteiger partial charge on any atom is -0.354 e. The molecule has 1 amide bonds. The van der Waals surface area contributed by atoms with Gasteiger partial charge >= 0.3 is 0 Å². The van der Waals surface area contributed by atoms with Crippen molar-refractivity contribution in [2.24, 2.45) is 12.8 Å².